The second-order valence-corrected chi connectivity index (χ2v) is 9.12. The fourth-order valence-corrected chi connectivity index (χ4v) is 5.44. The summed E-state index contributed by atoms with van der Waals surface area (Å²) in [6.07, 6.45) is 12.2. The Morgan fingerprint density at radius 1 is 1.10 bits per heavy atom. The summed E-state index contributed by atoms with van der Waals surface area (Å²) in [6.45, 7) is 2.31. The first kappa shape index (κ1) is 20.4. The van der Waals surface area contributed by atoms with Crippen LogP contribution in [0.3, 0.4) is 0 Å². The summed E-state index contributed by atoms with van der Waals surface area (Å²) < 4.78 is 5.85. The van der Waals surface area contributed by atoms with Crippen LogP contribution < -0.4 is 0 Å². The summed E-state index contributed by atoms with van der Waals surface area (Å²) in [5.41, 5.74) is 7.32. The molecule has 1 unspecified atom stereocenters. The van der Waals surface area contributed by atoms with E-state index in [0.717, 1.165) is 37.1 Å². The van der Waals surface area contributed by atoms with Gasteiger partial charge in [-0.1, -0.05) is 24.6 Å². The van der Waals surface area contributed by atoms with E-state index >= 15 is 0 Å². The average molecular weight is 432 g/mol. The van der Waals surface area contributed by atoms with Crippen LogP contribution >= 0.6 is 11.3 Å². The first-order valence-electron chi connectivity index (χ1n) is 11.2. The minimum Gasteiger partial charge on any atom is -0.366 e. The number of ether oxygens (including phenoxy) is 1. The summed E-state index contributed by atoms with van der Waals surface area (Å²) in [7, 11) is 1.85. The third-order valence-electron chi connectivity index (χ3n) is 6.44. The van der Waals surface area contributed by atoms with Crippen LogP contribution in [0, 0.1) is 0 Å². The quantitative estimate of drug-likeness (QED) is 0.371. The van der Waals surface area contributed by atoms with E-state index in [1.54, 1.807) is 11.3 Å². The number of para-hydroxylation sites is 1. The number of rotatable bonds is 7. The molecule has 160 valence electrons. The van der Waals surface area contributed by atoms with Gasteiger partial charge in [0.15, 0.2) is 0 Å². The number of likely N-dealkylation sites (tertiary alicyclic amines) is 1. The molecule has 4 nitrogen and oxygen atoms in total. The molecule has 0 aliphatic carbocycles. The minimum atomic E-state index is 0.205. The van der Waals surface area contributed by atoms with Gasteiger partial charge in [-0.3, -0.25) is 9.88 Å². The Morgan fingerprint density at radius 2 is 1.97 bits per heavy atom. The fourth-order valence-electron chi connectivity index (χ4n) is 4.77. The molecular formula is C26H29N3OS. The molecule has 4 heterocycles. The Kier molecular flexibility index (Phi) is 6.16. The number of fused-ring (bicyclic) bond motifs is 1. The number of nitrogens with zero attached hydrogens (tertiary/aromatic N) is 2. The van der Waals surface area contributed by atoms with E-state index in [0.29, 0.717) is 0 Å². The molecular weight excluding hydrogens is 402 g/mol. The van der Waals surface area contributed by atoms with E-state index in [2.05, 4.69) is 62.2 Å². The zero-order valence-electron chi connectivity index (χ0n) is 18.0. The number of benzene rings is 1. The molecule has 5 rings (SSSR count). The Bertz CT molecular complexity index is 1130. The van der Waals surface area contributed by atoms with Gasteiger partial charge < -0.3 is 9.72 Å². The molecule has 0 spiro atoms. The van der Waals surface area contributed by atoms with Gasteiger partial charge in [-0.15, -0.1) is 0 Å². The van der Waals surface area contributed by atoms with Crippen LogP contribution in [0.5, 0.6) is 0 Å². The first-order valence-corrected chi connectivity index (χ1v) is 12.1. The van der Waals surface area contributed by atoms with Crippen molar-refractivity contribution < 1.29 is 4.74 Å². The van der Waals surface area contributed by atoms with E-state index in [-0.39, 0.29) is 6.23 Å². The maximum absolute atomic E-state index is 5.85. The molecule has 0 radical (unpaired) electrons. The van der Waals surface area contributed by atoms with Crippen LogP contribution in [-0.4, -0.2) is 41.3 Å². The van der Waals surface area contributed by atoms with Gasteiger partial charge in [-0.05, 0) is 59.7 Å². The van der Waals surface area contributed by atoms with Crippen LogP contribution in [-0.2, 0) is 11.2 Å². The number of pyridine rings is 1. The van der Waals surface area contributed by atoms with Crippen molar-refractivity contribution in [2.45, 2.75) is 38.3 Å². The van der Waals surface area contributed by atoms with Crippen LogP contribution in [0.1, 0.15) is 31.2 Å². The Balaban J connectivity index is 1.40. The van der Waals surface area contributed by atoms with Gasteiger partial charge >= 0.3 is 0 Å². The lowest BCUT2D eigenvalue weighted by Gasteiger charge is -2.33. The topological polar surface area (TPSA) is 41.1 Å². The SMILES string of the molecule is COC(CCc1cccc2c(-c3cncc(-c4ccsc4)c3)c[nH]c12)N1CCCCC1. The lowest BCUT2D eigenvalue weighted by atomic mass is 10.00. The van der Waals surface area contributed by atoms with Crippen molar-refractivity contribution in [2.24, 2.45) is 0 Å². The number of nitrogens with one attached hydrogen (secondary N) is 1. The molecule has 31 heavy (non-hydrogen) atoms. The van der Waals surface area contributed by atoms with Crippen molar-refractivity contribution in [3.63, 3.8) is 0 Å². The standard InChI is InChI=1S/C26H29N3OS/c1-30-25(29-11-3-2-4-12-29)9-8-19-6-5-7-23-24(17-28-26(19)23)22-14-21(15-27-16-22)20-10-13-31-18-20/h5-7,10,13-18,25,28H,2-4,8-9,11-12H2,1H3. The highest BCUT2D eigenvalue weighted by Gasteiger charge is 2.20. The molecule has 1 fully saturated rings. The maximum Gasteiger partial charge on any atom is 0.110 e. The highest BCUT2D eigenvalue weighted by Crippen LogP contribution is 2.33. The number of H-pyrrole nitrogens is 1. The molecule has 1 aliphatic heterocycles. The largest absolute Gasteiger partial charge is 0.366 e. The van der Waals surface area contributed by atoms with Crippen molar-refractivity contribution in [2.75, 3.05) is 20.2 Å². The predicted molar refractivity (Wildman–Crippen MR) is 129 cm³/mol. The van der Waals surface area contributed by atoms with Gasteiger partial charge in [0.25, 0.3) is 0 Å². The van der Waals surface area contributed by atoms with E-state index in [9.17, 15) is 0 Å². The van der Waals surface area contributed by atoms with Crippen LogP contribution in [0.15, 0.2) is 59.7 Å². The smallest absolute Gasteiger partial charge is 0.110 e. The molecule has 1 aromatic carbocycles. The Labute approximate surface area is 187 Å². The molecule has 0 saturated carbocycles. The van der Waals surface area contributed by atoms with Crippen molar-refractivity contribution >= 4 is 22.2 Å². The van der Waals surface area contributed by atoms with Gasteiger partial charge in [0.1, 0.15) is 6.23 Å². The second-order valence-electron chi connectivity index (χ2n) is 8.34. The van der Waals surface area contributed by atoms with E-state index < -0.39 is 0 Å². The highest BCUT2D eigenvalue weighted by molar-refractivity contribution is 7.08. The van der Waals surface area contributed by atoms with Crippen molar-refractivity contribution in [3.05, 3.63) is 65.2 Å². The number of methoxy groups -OCH3 is 1. The second kappa shape index (κ2) is 9.35. The summed E-state index contributed by atoms with van der Waals surface area (Å²) in [5, 5.41) is 5.54. The average Bonchev–Trinajstić information content (AvgIpc) is 3.51. The third-order valence-corrected chi connectivity index (χ3v) is 7.12. The first-order chi connectivity index (χ1) is 15.3. The zero-order chi connectivity index (χ0) is 21.0. The van der Waals surface area contributed by atoms with Gasteiger partial charge in [0, 0.05) is 66.4 Å². The molecule has 4 aromatic rings. The molecule has 1 aliphatic rings. The predicted octanol–water partition coefficient (Wildman–Crippen LogP) is 6.35. The van der Waals surface area contributed by atoms with Crippen LogP contribution in [0.25, 0.3) is 33.2 Å². The van der Waals surface area contributed by atoms with E-state index in [1.165, 1.54) is 46.9 Å². The monoisotopic (exact) mass is 431 g/mol. The summed E-state index contributed by atoms with van der Waals surface area (Å²) in [5.74, 6) is 0. The van der Waals surface area contributed by atoms with E-state index in [1.807, 2.05) is 19.5 Å². The number of piperidine rings is 1. The number of aryl methyl sites for hydroxylation is 1. The highest BCUT2D eigenvalue weighted by atomic mass is 32.1. The molecule has 0 bridgehead atoms. The number of hydrogen-bond acceptors (Lipinski definition) is 4. The fraction of sp³-hybridized carbons (Fsp3) is 0.346. The number of aromatic amines is 1. The van der Waals surface area contributed by atoms with Gasteiger partial charge in [0.2, 0.25) is 0 Å². The van der Waals surface area contributed by atoms with Crippen molar-refractivity contribution in [3.8, 4) is 22.3 Å². The molecule has 0 amide bonds. The van der Waals surface area contributed by atoms with Gasteiger partial charge in [-0.2, -0.15) is 11.3 Å². The Morgan fingerprint density at radius 3 is 2.77 bits per heavy atom. The van der Waals surface area contributed by atoms with E-state index in [4.69, 9.17) is 4.74 Å². The van der Waals surface area contributed by atoms with Crippen molar-refractivity contribution in [1.82, 2.24) is 14.9 Å². The molecule has 5 heteroatoms. The lowest BCUT2D eigenvalue weighted by molar-refractivity contribution is -0.0456. The van der Waals surface area contributed by atoms with Gasteiger partial charge in [0.05, 0.1) is 0 Å². The lowest BCUT2D eigenvalue weighted by Crippen LogP contribution is -2.40. The molecule has 1 atom stereocenters. The summed E-state index contributed by atoms with van der Waals surface area (Å²) >= 11 is 1.71. The van der Waals surface area contributed by atoms with Crippen LogP contribution in [0.4, 0.5) is 0 Å². The van der Waals surface area contributed by atoms with Crippen molar-refractivity contribution in [1.29, 1.82) is 0 Å². The van der Waals surface area contributed by atoms with Crippen LogP contribution in [0.2, 0.25) is 0 Å². The summed E-state index contributed by atoms with van der Waals surface area (Å²) in [6, 6.07) is 11.0. The molecule has 3 aromatic heterocycles. The number of aromatic nitrogens is 2. The zero-order valence-corrected chi connectivity index (χ0v) is 18.8. The molecule has 1 N–H and O–H groups in total. The van der Waals surface area contributed by atoms with Gasteiger partial charge in [-0.25, -0.2) is 0 Å². The normalized spacial score (nSPS) is 16.0. The number of hydrogen-bond donors (Lipinski definition) is 1. The maximum atomic E-state index is 5.85. The molecule has 1 saturated heterocycles. The summed E-state index contributed by atoms with van der Waals surface area (Å²) in [4.78, 5) is 10.6. The minimum absolute atomic E-state index is 0.205. The Hall–Kier alpha value is -2.47. The third kappa shape index (κ3) is 4.31. The number of thiophene rings is 1.